The highest BCUT2D eigenvalue weighted by Gasteiger charge is 2.37. The van der Waals surface area contributed by atoms with Crippen LogP contribution in [0.1, 0.15) is 39.5 Å². The number of rotatable bonds is 6. The summed E-state index contributed by atoms with van der Waals surface area (Å²) in [4.78, 5) is 12.0. The first kappa shape index (κ1) is 15.6. The monoisotopic (exact) mass is 278 g/mol. The van der Waals surface area contributed by atoms with Crippen LogP contribution in [-0.4, -0.2) is 30.9 Å². The lowest BCUT2D eigenvalue weighted by atomic mass is 9.91. The Bertz CT molecular complexity index is 314. The first-order valence-electron chi connectivity index (χ1n) is 6.49. The van der Waals surface area contributed by atoms with Gasteiger partial charge in [-0.2, -0.15) is 0 Å². The molecular formula is C11H23N2O4P. The van der Waals surface area contributed by atoms with Gasteiger partial charge in [0.05, 0.1) is 13.2 Å². The van der Waals surface area contributed by atoms with E-state index >= 15 is 0 Å². The average molecular weight is 278 g/mol. The van der Waals surface area contributed by atoms with Gasteiger partial charge in [-0.25, -0.2) is 4.57 Å². The molecule has 0 aromatic rings. The Labute approximate surface area is 108 Å². The zero-order valence-corrected chi connectivity index (χ0v) is 11.9. The van der Waals surface area contributed by atoms with Gasteiger partial charge in [0, 0.05) is 12.1 Å². The highest BCUT2D eigenvalue weighted by Crippen LogP contribution is 2.48. The lowest BCUT2D eigenvalue weighted by molar-refractivity contribution is 0.202. The van der Waals surface area contributed by atoms with Crippen LogP contribution in [0, 0.1) is 0 Å². The maximum absolute atomic E-state index is 12.2. The molecule has 0 bridgehead atoms. The van der Waals surface area contributed by atoms with Crippen LogP contribution in [0.15, 0.2) is 0 Å². The molecule has 1 amide bonds. The summed E-state index contributed by atoms with van der Waals surface area (Å²) in [6.45, 7) is 3.68. The standard InChI is InChI=1S/C11H23N2O4P/c1-3-16-18(15,17-4-2)11(14)13-10-8-6-5-7-9(10)12/h9-10H,3-8,12H2,1-2H3,(H,13,14)/t9-,10-/m0/s1. The van der Waals surface area contributed by atoms with Crippen molar-refractivity contribution in [2.75, 3.05) is 13.2 Å². The van der Waals surface area contributed by atoms with E-state index in [1.54, 1.807) is 13.8 Å². The molecule has 7 heteroatoms. The first-order valence-corrected chi connectivity index (χ1v) is 8.03. The van der Waals surface area contributed by atoms with E-state index in [1.165, 1.54) is 0 Å². The second-order valence-electron chi connectivity index (χ2n) is 4.34. The van der Waals surface area contributed by atoms with Crippen LogP contribution < -0.4 is 11.1 Å². The van der Waals surface area contributed by atoms with Crippen LogP contribution >= 0.6 is 7.60 Å². The summed E-state index contributed by atoms with van der Waals surface area (Å²) in [7, 11) is -3.71. The van der Waals surface area contributed by atoms with Crippen LogP contribution in [0.2, 0.25) is 0 Å². The molecule has 1 saturated carbocycles. The third-order valence-electron chi connectivity index (χ3n) is 2.98. The summed E-state index contributed by atoms with van der Waals surface area (Å²) in [6.07, 6.45) is 3.78. The predicted molar refractivity (Wildman–Crippen MR) is 69.6 cm³/mol. The van der Waals surface area contributed by atoms with E-state index in [1.807, 2.05) is 0 Å². The molecule has 0 saturated heterocycles. The molecule has 0 aromatic heterocycles. The number of nitrogens with one attached hydrogen (secondary N) is 1. The quantitative estimate of drug-likeness (QED) is 0.727. The summed E-state index contributed by atoms with van der Waals surface area (Å²) in [6, 6.07) is -0.222. The van der Waals surface area contributed by atoms with Crippen molar-refractivity contribution in [3.63, 3.8) is 0 Å². The molecule has 0 radical (unpaired) electrons. The molecule has 2 atom stereocenters. The molecule has 1 fully saturated rings. The predicted octanol–water partition coefficient (Wildman–Crippen LogP) is 2.23. The summed E-state index contributed by atoms with van der Waals surface area (Å²) in [5.41, 5.74) is 5.26. The zero-order chi connectivity index (χ0) is 13.6. The van der Waals surface area contributed by atoms with E-state index in [4.69, 9.17) is 14.8 Å². The SMILES string of the molecule is CCOP(=O)(OCC)C(=O)N[C@H]1CCCC[C@@H]1N. The Morgan fingerprint density at radius 2 is 1.83 bits per heavy atom. The van der Waals surface area contributed by atoms with Gasteiger partial charge in [-0.1, -0.05) is 12.8 Å². The molecule has 18 heavy (non-hydrogen) atoms. The smallest absolute Gasteiger partial charge is 0.341 e. The van der Waals surface area contributed by atoms with Crippen molar-refractivity contribution in [1.29, 1.82) is 0 Å². The molecule has 106 valence electrons. The number of nitrogens with two attached hydrogens (primary N) is 1. The third-order valence-corrected chi connectivity index (χ3v) is 4.80. The van der Waals surface area contributed by atoms with E-state index in [9.17, 15) is 9.36 Å². The molecule has 0 heterocycles. The number of amides is 1. The Kier molecular flexibility index (Phi) is 6.29. The summed E-state index contributed by atoms with van der Waals surface area (Å²) >= 11 is 0. The second-order valence-corrected chi connectivity index (χ2v) is 6.25. The van der Waals surface area contributed by atoms with Gasteiger partial charge in [0.25, 0.3) is 0 Å². The largest absolute Gasteiger partial charge is 0.418 e. The first-order chi connectivity index (χ1) is 8.53. The van der Waals surface area contributed by atoms with Crippen molar-refractivity contribution in [2.24, 2.45) is 5.73 Å². The van der Waals surface area contributed by atoms with Crippen LogP contribution in [0.25, 0.3) is 0 Å². The van der Waals surface area contributed by atoms with Crippen LogP contribution in [-0.2, 0) is 13.6 Å². The molecule has 0 spiro atoms. The Morgan fingerprint density at radius 1 is 1.28 bits per heavy atom. The van der Waals surface area contributed by atoms with E-state index < -0.39 is 13.2 Å². The van der Waals surface area contributed by atoms with Crippen molar-refractivity contribution in [1.82, 2.24) is 5.32 Å². The fraction of sp³-hybridized carbons (Fsp3) is 0.909. The van der Waals surface area contributed by atoms with Gasteiger partial charge >= 0.3 is 13.2 Å². The maximum atomic E-state index is 12.2. The second kappa shape index (κ2) is 7.24. The fourth-order valence-electron chi connectivity index (χ4n) is 2.07. The minimum absolute atomic E-state index is 0.0839. The highest BCUT2D eigenvalue weighted by atomic mass is 31.2. The van der Waals surface area contributed by atoms with Crippen LogP contribution in [0.5, 0.6) is 0 Å². The molecule has 0 aromatic carbocycles. The number of hydrogen-bond donors (Lipinski definition) is 2. The summed E-state index contributed by atoms with van der Waals surface area (Å²) in [5.74, 6) is 0. The summed E-state index contributed by atoms with van der Waals surface area (Å²) in [5, 5.41) is 2.70. The molecule has 1 rings (SSSR count). The summed E-state index contributed by atoms with van der Waals surface area (Å²) < 4.78 is 22.2. The van der Waals surface area contributed by atoms with Gasteiger partial charge in [-0.3, -0.25) is 4.79 Å². The van der Waals surface area contributed by atoms with Crippen molar-refractivity contribution in [3.8, 4) is 0 Å². The van der Waals surface area contributed by atoms with Gasteiger partial charge in [0.2, 0.25) is 0 Å². The Hall–Kier alpha value is -0.420. The minimum Gasteiger partial charge on any atom is -0.341 e. The highest BCUT2D eigenvalue weighted by molar-refractivity contribution is 7.71. The van der Waals surface area contributed by atoms with E-state index in [2.05, 4.69) is 5.32 Å². The normalized spacial score (nSPS) is 24.8. The number of carbonyl (C=O) groups excluding carboxylic acids is 1. The van der Waals surface area contributed by atoms with Gasteiger partial charge in [-0.05, 0) is 26.7 Å². The minimum atomic E-state index is -3.71. The zero-order valence-electron chi connectivity index (χ0n) is 11.1. The molecule has 0 unspecified atom stereocenters. The van der Waals surface area contributed by atoms with Crippen molar-refractivity contribution >= 4 is 13.2 Å². The van der Waals surface area contributed by atoms with Gasteiger partial charge in [0.15, 0.2) is 0 Å². The van der Waals surface area contributed by atoms with E-state index in [0.29, 0.717) is 0 Å². The van der Waals surface area contributed by atoms with Crippen LogP contribution in [0.3, 0.4) is 0 Å². The third kappa shape index (κ3) is 4.05. The molecule has 1 aliphatic carbocycles. The molecule has 1 aliphatic rings. The van der Waals surface area contributed by atoms with Gasteiger partial charge in [-0.15, -0.1) is 0 Å². The molecule has 0 aliphatic heterocycles. The van der Waals surface area contributed by atoms with Crippen molar-refractivity contribution < 1.29 is 18.4 Å². The van der Waals surface area contributed by atoms with Crippen molar-refractivity contribution in [2.45, 2.75) is 51.6 Å². The molecular weight excluding hydrogens is 255 g/mol. The maximum Gasteiger partial charge on any atom is 0.418 e. The van der Waals surface area contributed by atoms with Crippen LogP contribution in [0.4, 0.5) is 4.79 Å². The molecule has 6 nitrogen and oxygen atoms in total. The number of carbonyl (C=O) groups is 1. The molecule has 3 N–H and O–H groups in total. The van der Waals surface area contributed by atoms with Crippen molar-refractivity contribution in [3.05, 3.63) is 0 Å². The lowest BCUT2D eigenvalue weighted by Gasteiger charge is -2.30. The van der Waals surface area contributed by atoms with E-state index in [-0.39, 0.29) is 25.3 Å². The Morgan fingerprint density at radius 3 is 2.33 bits per heavy atom. The number of hydrogen-bond acceptors (Lipinski definition) is 5. The van der Waals surface area contributed by atoms with Gasteiger partial charge < -0.3 is 20.1 Å². The average Bonchev–Trinajstić information content (AvgIpc) is 2.32. The van der Waals surface area contributed by atoms with E-state index in [0.717, 1.165) is 25.7 Å². The Balaban J connectivity index is 2.63. The fourth-order valence-corrected chi connectivity index (χ4v) is 3.38. The topological polar surface area (TPSA) is 90.6 Å². The van der Waals surface area contributed by atoms with Gasteiger partial charge in [0.1, 0.15) is 0 Å². The lowest BCUT2D eigenvalue weighted by Crippen LogP contribution is -2.49.